The highest BCUT2D eigenvalue weighted by Gasteiger charge is 2.19. The predicted octanol–water partition coefficient (Wildman–Crippen LogP) is 3.81. The van der Waals surface area contributed by atoms with E-state index in [0.29, 0.717) is 48.2 Å². The number of anilines is 5. The van der Waals surface area contributed by atoms with Gasteiger partial charge in [-0.25, -0.2) is 18.4 Å². The lowest BCUT2D eigenvalue weighted by Crippen LogP contribution is -2.28. The van der Waals surface area contributed by atoms with Gasteiger partial charge in [-0.05, 0) is 38.2 Å². The molecule has 14 heteroatoms. The second-order valence-electron chi connectivity index (χ2n) is 8.81. The largest absolute Gasteiger partial charge is 0.485 e. The number of hydrogen-bond donors (Lipinski definition) is 4. The molecule has 0 atom stereocenters. The van der Waals surface area contributed by atoms with Crippen LogP contribution in [0.2, 0.25) is 0 Å². The van der Waals surface area contributed by atoms with E-state index in [9.17, 15) is 13.6 Å². The fourth-order valence-corrected chi connectivity index (χ4v) is 4.00. The zero-order valence-corrected chi connectivity index (χ0v) is 23.0. The van der Waals surface area contributed by atoms with Crippen LogP contribution in [0.1, 0.15) is 6.92 Å². The number of hydrogen-bond acceptors (Lipinski definition) is 10. The number of benzene rings is 1. The van der Waals surface area contributed by atoms with Crippen LogP contribution in [0.25, 0.3) is 16.9 Å². The van der Waals surface area contributed by atoms with Crippen LogP contribution in [0.3, 0.4) is 0 Å². The number of carbonyl (C=O) groups is 1. The summed E-state index contributed by atoms with van der Waals surface area (Å²) in [6.07, 6.45) is 1.68. The molecule has 12 nitrogen and oxygen atoms in total. The van der Waals surface area contributed by atoms with E-state index in [-0.39, 0.29) is 17.4 Å². The smallest absolute Gasteiger partial charge is 0.272 e. The molecule has 0 aliphatic rings. The van der Waals surface area contributed by atoms with Gasteiger partial charge in [0.25, 0.3) is 6.43 Å². The quantitative estimate of drug-likeness (QED) is 0.167. The monoisotopic (exact) mass is 566 g/mol. The van der Waals surface area contributed by atoms with Crippen LogP contribution in [0, 0.1) is 0 Å². The fourth-order valence-electron chi connectivity index (χ4n) is 4.00. The van der Waals surface area contributed by atoms with Gasteiger partial charge in [0.2, 0.25) is 11.9 Å². The summed E-state index contributed by atoms with van der Waals surface area (Å²) in [6, 6.07) is 8.53. The standard InChI is InChI=1S/C27H32F2N10O2/c1-5-24(40)34-17-14-18(21(41-16-22(28)29)15-20(17)38(4)13-12-30-3)35-27-33-11-9-23(36-27)39-19-8-7-10-32-25(19)26(37-39)31-6-2/h5,7-11,14-15,22,30H,1,6,12-13,16H2,2-4H3,(H,31,37)(H,34,40)(H,33,35,36). The first-order chi connectivity index (χ1) is 19.8. The molecule has 0 saturated carbocycles. The molecule has 3 heterocycles. The third-order valence-electron chi connectivity index (χ3n) is 5.90. The second kappa shape index (κ2) is 13.5. The molecule has 4 rings (SSSR count). The van der Waals surface area contributed by atoms with Gasteiger partial charge in [0, 0.05) is 51.2 Å². The molecule has 1 amide bonds. The number of rotatable bonds is 14. The highest BCUT2D eigenvalue weighted by atomic mass is 19.3. The van der Waals surface area contributed by atoms with Crippen molar-refractivity contribution in [2.75, 3.05) is 61.2 Å². The molecule has 1 aromatic carbocycles. The van der Waals surface area contributed by atoms with Crippen molar-refractivity contribution in [1.29, 1.82) is 0 Å². The fraction of sp³-hybridized carbons (Fsp3) is 0.296. The summed E-state index contributed by atoms with van der Waals surface area (Å²) < 4.78 is 33.4. The molecule has 0 saturated heterocycles. The maximum atomic E-state index is 13.2. The summed E-state index contributed by atoms with van der Waals surface area (Å²) in [5.74, 6) is 0.904. The number of ether oxygens (including phenoxy) is 1. The summed E-state index contributed by atoms with van der Waals surface area (Å²) in [6.45, 7) is 6.52. The number of aromatic nitrogens is 5. The van der Waals surface area contributed by atoms with Crippen LogP contribution in [-0.4, -0.2) is 77.4 Å². The Hall–Kier alpha value is -4.85. The lowest BCUT2D eigenvalue weighted by Gasteiger charge is -2.25. The number of amides is 1. The number of likely N-dealkylation sites (N-methyl/N-ethyl adjacent to an activating group) is 2. The second-order valence-corrected chi connectivity index (χ2v) is 8.81. The first-order valence-corrected chi connectivity index (χ1v) is 12.9. The van der Waals surface area contributed by atoms with Crippen LogP contribution in [0.4, 0.5) is 37.6 Å². The number of nitrogens with zero attached hydrogens (tertiary/aromatic N) is 6. The zero-order chi connectivity index (χ0) is 29.4. The maximum absolute atomic E-state index is 13.2. The molecule has 0 bridgehead atoms. The molecule has 0 radical (unpaired) electrons. The summed E-state index contributed by atoms with van der Waals surface area (Å²) in [4.78, 5) is 27.4. The minimum atomic E-state index is -2.69. The predicted molar refractivity (Wildman–Crippen MR) is 156 cm³/mol. The van der Waals surface area contributed by atoms with Crippen molar-refractivity contribution in [3.05, 3.63) is 55.4 Å². The Labute approximate surface area is 235 Å². The molecular weight excluding hydrogens is 534 g/mol. The van der Waals surface area contributed by atoms with Crippen LogP contribution < -0.4 is 30.9 Å². The van der Waals surface area contributed by atoms with Crippen LogP contribution >= 0.6 is 0 Å². The number of halogens is 2. The third kappa shape index (κ3) is 7.03. The molecule has 0 fully saturated rings. The van der Waals surface area contributed by atoms with Crippen molar-refractivity contribution < 1.29 is 18.3 Å². The van der Waals surface area contributed by atoms with Crippen molar-refractivity contribution in [3.8, 4) is 11.6 Å². The molecule has 41 heavy (non-hydrogen) atoms. The summed E-state index contributed by atoms with van der Waals surface area (Å²) >= 11 is 0. The molecule has 0 spiro atoms. The SMILES string of the molecule is C=CC(=O)Nc1cc(Nc2nccc(-n3nc(NCC)c4ncccc43)n2)c(OCC(F)F)cc1N(C)CCNC. The summed E-state index contributed by atoms with van der Waals surface area (Å²) in [5.41, 5.74) is 2.67. The van der Waals surface area contributed by atoms with E-state index in [1.807, 2.05) is 32.0 Å². The van der Waals surface area contributed by atoms with E-state index in [1.54, 1.807) is 41.3 Å². The van der Waals surface area contributed by atoms with Gasteiger partial charge < -0.3 is 30.9 Å². The van der Waals surface area contributed by atoms with E-state index in [4.69, 9.17) is 4.74 Å². The third-order valence-corrected chi connectivity index (χ3v) is 5.90. The van der Waals surface area contributed by atoms with Gasteiger partial charge in [-0.3, -0.25) is 9.78 Å². The lowest BCUT2D eigenvalue weighted by atomic mass is 10.2. The minimum absolute atomic E-state index is 0.130. The number of alkyl halides is 2. The van der Waals surface area contributed by atoms with Crippen molar-refractivity contribution >= 4 is 45.8 Å². The molecule has 4 N–H and O–H groups in total. The number of fused-ring (bicyclic) bond motifs is 1. The first-order valence-electron chi connectivity index (χ1n) is 12.9. The first kappa shape index (κ1) is 29.1. The normalized spacial score (nSPS) is 11.0. The Bertz CT molecular complexity index is 1510. The Morgan fingerprint density at radius 1 is 1.22 bits per heavy atom. The molecule has 0 unspecified atom stereocenters. The topological polar surface area (TPSA) is 134 Å². The molecule has 0 aliphatic heterocycles. The lowest BCUT2D eigenvalue weighted by molar-refractivity contribution is -0.111. The Kier molecular flexibility index (Phi) is 9.58. The van der Waals surface area contributed by atoms with Gasteiger partial charge in [-0.1, -0.05) is 6.58 Å². The van der Waals surface area contributed by atoms with Gasteiger partial charge in [-0.15, -0.1) is 5.10 Å². The van der Waals surface area contributed by atoms with Gasteiger partial charge >= 0.3 is 0 Å². The van der Waals surface area contributed by atoms with Crippen LogP contribution in [-0.2, 0) is 4.79 Å². The number of pyridine rings is 1. The average Bonchev–Trinajstić information content (AvgIpc) is 3.34. The van der Waals surface area contributed by atoms with Gasteiger partial charge in [-0.2, -0.15) is 4.98 Å². The Morgan fingerprint density at radius 3 is 2.78 bits per heavy atom. The van der Waals surface area contributed by atoms with Crippen molar-refractivity contribution in [3.63, 3.8) is 0 Å². The summed E-state index contributed by atoms with van der Waals surface area (Å²) in [5, 5.41) is 16.7. The van der Waals surface area contributed by atoms with Gasteiger partial charge in [0.1, 0.15) is 17.9 Å². The van der Waals surface area contributed by atoms with Crippen LogP contribution in [0.5, 0.6) is 5.75 Å². The molecule has 4 aromatic rings. The molecule has 216 valence electrons. The van der Waals surface area contributed by atoms with E-state index >= 15 is 0 Å². The van der Waals surface area contributed by atoms with E-state index in [1.165, 1.54) is 0 Å². The van der Waals surface area contributed by atoms with E-state index in [2.05, 4.69) is 47.9 Å². The Balaban J connectivity index is 1.76. The van der Waals surface area contributed by atoms with Crippen molar-refractivity contribution in [2.24, 2.45) is 0 Å². The molecular formula is C27H32F2N10O2. The van der Waals surface area contributed by atoms with E-state index in [0.717, 1.165) is 11.6 Å². The van der Waals surface area contributed by atoms with Gasteiger partial charge in [0.05, 0.1) is 22.6 Å². The number of carbonyl (C=O) groups excluding carboxylic acids is 1. The Morgan fingerprint density at radius 2 is 2.05 bits per heavy atom. The zero-order valence-electron chi connectivity index (χ0n) is 23.0. The van der Waals surface area contributed by atoms with Crippen LogP contribution in [0.15, 0.2) is 55.4 Å². The highest BCUT2D eigenvalue weighted by Crippen LogP contribution is 2.38. The maximum Gasteiger partial charge on any atom is 0.272 e. The number of nitrogens with one attached hydrogen (secondary N) is 4. The average molecular weight is 567 g/mol. The van der Waals surface area contributed by atoms with Gasteiger partial charge in [0.15, 0.2) is 11.6 Å². The molecule has 0 aliphatic carbocycles. The summed E-state index contributed by atoms with van der Waals surface area (Å²) in [7, 11) is 3.63. The highest BCUT2D eigenvalue weighted by molar-refractivity contribution is 6.02. The minimum Gasteiger partial charge on any atom is -0.485 e. The van der Waals surface area contributed by atoms with Crippen molar-refractivity contribution in [1.82, 2.24) is 30.0 Å². The van der Waals surface area contributed by atoms with Crippen molar-refractivity contribution in [2.45, 2.75) is 13.3 Å². The van der Waals surface area contributed by atoms with E-state index < -0.39 is 18.9 Å². The molecule has 3 aromatic heterocycles.